The number of amides is 3. The number of carbonyl (C=O) groups is 3. The largest absolute Gasteiger partial charge is 0.325 e. The standard InChI is InChI=1S/C31H29N3O3S2/c1-3-28(31(37)33-23-13-7-10-21(2)18-23)39-26-15-8-14-24(19-26)32-30(36)27(20-25-16-9-17-38-25)34-29(35)22-11-5-4-6-12-22/h4-20,28H,3H2,1-2H3,(H,32,36)(H,33,37)(H,34,35)/b27-20-. The lowest BCUT2D eigenvalue weighted by molar-refractivity contribution is -0.116. The Balaban J connectivity index is 1.46. The van der Waals surface area contributed by atoms with Crippen molar-refractivity contribution in [2.45, 2.75) is 30.4 Å². The molecule has 0 aliphatic rings. The highest BCUT2D eigenvalue weighted by molar-refractivity contribution is 8.00. The lowest BCUT2D eigenvalue weighted by Crippen LogP contribution is -2.30. The van der Waals surface area contributed by atoms with Crippen molar-refractivity contribution < 1.29 is 14.4 Å². The van der Waals surface area contributed by atoms with Gasteiger partial charge in [0.05, 0.1) is 5.25 Å². The summed E-state index contributed by atoms with van der Waals surface area (Å²) in [5.74, 6) is -0.894. The van der Waals surface area contributed by atoms with Crippen LogP contribution in [0.1, 0.15) is 34.1 Å². The van der Waals surface area contributed by atoms with Crippen molar-refractivity contribution in [3.8, 4) is 0 Å². The number of anilines is 2. The Morgan fingerprint density at radius 3 is 2.31 bits per heavy atom. The molecule has 0 fully saturated rings. The minimum absolute atomic E-state index is 0.0765. The monoisotopic (exact) mass is 555 g/mol. The molecule has 4 aromatic rings. The van der Waals surface area contributed by atoms with Crippen LogP contribution in [0.25, 0.3) is 6.08 Å². The number of aryl methyl sites for hydroxylation is 1. The Hall–Kier alpha value is -4.14. The number of nitrogens with one attached hydrogen (secondary N) is 3. The molecule has 1 unspecified atom stereocenters. The predicted molar refractivity (Wildman–Crippen MR) is 161 cm³/mol. The molecule has 0 saturated carbocycles. The fourth-order valence-electron chi connectivity index (χ4n) is 3.74. The molecule has 4 rings (SSSR count). The molecule has 8 heteroatoms. The van der Waals surface area contributed by atoms with Crippen molar-refractivity contribution >= 4 is 58.3 Å². The maximum absolute atomic E-state index is 13.3. The Labute approximate surface area is 236 Å². The van der Waals surface area contributed by atoms with Crippen molar-refractivity contribution in [1.29, 1.82) is 0 Å². The molecule has 39 heavy (non-hydrogen) atoms. The van der Waals surface area contributed by atoms with E-state index in [1.165, 1.54) is 23.1 Å². The molecule has 1 heterocycles. The summed E-state index contributed by atoms with van der Waals surface area (Å²) in [6.45, 7) is 3.95. The summed E-state index contributed by atoms with van der Waals surface area (Å²) in [6, 6.07) is 27.5. The lowest BCUT2D eigenvalue weighted by Gasteiger charge is -2.16. The second-order valence-corrected chi connectivity index (χ2v) is 11.0. The summed E-state index contributed by atoms with van der Waals surface area (Å²) in [5, 5.41) is 10.2. The van der Waals surface area contributed by atoms with Crippen LogP contribution >= 0.6 is 23.1 Å². The van der Waals surface area contributed by atoms with Gasteiger partial charge < -0.3 is 16.0 Å². The quantitative estimate of drug-likeness (QED) is 0.146. The Morgan fingerprint density at radius 1 is 0.872 bits per heavy atom. The van der Waals surface area contributed by atoms with E-state index in [1.54, 1.807) is 36.4 Å². The zero-order valence-corrected chi connectivity index (χ0v) is 23.3. The third-order valence-corrected chi connectivity index (χ3v) is 7.86. The molecular weight excluding hydrogens is 526 g/mol. The van der Waals surface area contributed by atoms with E-state index in [2.05, 4.69) is 16.0 Å². The third kappa shape index (κ3) is 8.17. The van der Waals surface area contributed by atoms with Crippen molar-refractivity contribution in [2.75, 3.05) is 10.6 Å². The Morgan fingerprint density at radius 2 is 1.62 bits per heavy atom. The maximum Gasteiger partial charge on any atom is 0.272 e. The van der Waals surface area contributed by atoms with E-state index >= 15 is 0 Å². The van der Waals surface area contributed by atoms with Crippen molar-refractivity contribution in [3.63, 3.8) is 0 Å². The van der Waals surface area contributed by atoms with Gasteiger partial charge in [0.2, 0.25) is 5.91 Å². The zero-order valence-electron chi connectivity index (χ0n) is 21.6. The first-order chi connectivity index (χ1) is 18.9. The van der Waals surface area contributed by atoms with Gasteiger partial charge in [-0.3, -0.25) is 14.4 Å². The highest BCUT2D eigenvalue weighted by Crippen LogP contribution is 2.29. The normalized spacial score (nSPS) is 11.9. The first-order valence-electron chi connectivity index (χ1n) is 12.5. The van der Waals surface area contributed by atoms with Crippen LogP contribution in [-0.2, 0) is 9.59 Å². The highest BCUT2D eigenvalue weighted by Gasteiger charge is 2.19. The third-order valence-electron chi connectivity index (χ3n) is 5.68. The molecule has 3 amide bonds. The number of rotatable bonds is 10. The fraction of sp³-hybridized carbons (Fsp3) is 0.129. The van der Waals surface area contributed by atoms with Gasteiger partial charge in [0.25, 0.3) is 11.8 Å². The van der Waals surface area contributed by atoms with Gasteiger partial charge in [-0.2, -0.15) is 0 Å². The number of thiophene rings is 1. The average Bonchev–Trinajstić information content (AvgIpc) is 3.45. The maximum atomic E-state index is 13.3. The second kappa shape index (κ2) is 13.6. The van der Waals surface area contributed by atoms with E-state index in [1.807, 2.05) is 79.9 Å². The van der Waals surface area contributed by atoms with Crippen molar-refractivity contribution in [1.82, 2.24) is 5.32 Å². The zero-order chi connectivity index (χ0) is 27.6. The van der Waals surface area contributed by atoms with Crippen LogP contribution in [0.4, 0.5) is 11.4 Å². The number of thioether (sulfide) groups is 1. The summed E-state index contributed by atoms with van der Waals surface area (Å²) in [4.78, 5) is 40.7. The highest BCUT2D eigenvalue weighted by atomic mass is 32.2. The van der Waals surface area contributed by atoms with E-state index < -0.39 is 5.91 Å². The number of hydrogen-bond acceptors (Lipinski definition) is 5. The topological polar surface area (TPSA) is 87.3 Å². The van der Waals surface area contributed by atoms with Gasteiger partial charge >= 0.3 is 0 Å². The van der Waals surface area contributed by atoms with E-state index in [0.717, 1.165) is 21.0 Å². The molecule has 0 radical (unpaired) electrons. The summed E-state index contributed by atoms with van der Waals surface area (Å²) in [5.41, 5.74) is 2.99. The van der Waals surface area contributed by atoms with Gasteiger partial charge in [0, 0.05) is 26.7 Å². The van der Waals surface area contributed by atoms with Crippen molar-refractivity contribution in [2.24, 2.45) is 0 Å². The SMILES string of the molecule is CCC(Sc1cccc(NC(=O)/C(=C/c2cccs2)NC(=O)c2ccccc2)c1)C(=O)Nc1cccc(C)c1. The van der Waals surface area contributed by atoms with E-state index in [9.17, 15) is 14.4 Å². The molecule has 6 nitrogen and oxygen atoms in total. The van der Waals surface area contributed by atoms with Crippen LogP contribution in [0.5, 0.6) is 0 Å². The van der Waals surface area contributed by atoms with Crippen LogP contribution in [0.15, 0.2) is 107 Å². The number of benzene rings is 3. The van der Waals surface area contributed by atoms with E-state index in [4.69, 9.17) is 0 Å². The van der Waals surface area contributed by atoms with Gasteiger partial charge in [0.1, 0.15) is 5.70 Å². The summed E-state index contributed by atoms with van der Waals surface area (Å²) in [6.07, 6.45) is 2.29. The molecule has 0 saturated heterocycles. The van der Waals surface area contributed by atoms with Crippen LogP contribution in [-0.4, -0.2) is 23.0 Å². The van der Waals surface area contributed by atoms with Crippen LogP contribution < -0.4 is 16.0 Å². The second-order valence-electron chi connectivity index (χ2n) is 8.75. The predicted octanol–water partition coefficient (Wildman–Crippen LogP) is 6.98. The van der Waals surface area contributed by atoms with Crippen molar-refractivity contribution in [3.05, 3.63) is 118 Å². The lowest BCUT2D eigenvalue weighted by atomic mass is 10.2. The van der Waals surface area contributed by atoms with Crippen LogP contribution in [0.3, 0.4) is 0 Å². The first kappa shape index (κ1) is 27.9. The fourth-order valence-corrected chi connectivity index (χ4v) is 5.41. The molecule has 198 valence electrons. The van der Waals surface area contributed by atoms with Crippen LogP contribution in [0, 0.1) is 6.92 Å². The molecule has 0 aliphatic carbocycles. The molecule has 0 aliphatic heterocycles. The number of carbonyl (C=O) groups excluding carboxylic acids is 3. The summed E-state index contributed by atoms with van der Waals surface area (Å²) < 4.78 is 0. The molecule has 3 N–H and O–H groups in total. The Kier molecular flexibility index (Phi) is 9.72. The molecule has 0 spiro atoms. The van der Waals surface area contributed by atoms with E-state index in [-0.39, 0.29) is 22.8 Å². The minimum Gasteiger partial charge on any atom is -0.325 e. The molecule has 1 atom stereocenters. The summed E-state index contributed by atoms with van der Waals surface area (Å²) >= 11 is 2.90. The number of hydrogen-bond donors (Lipinski definition) is 3. The van der Waals surface area contributed by atoms with Gasteiger partial charge in [-0.05, 0) is 78.9 Å². The van der Waals surface area contributed by atoms with Crippen LogP contribution in [0.2, 0.25) is 0 Å². The molecule has 0 bridgehead atoms. The average molecular weight is 556 g/mol. The Bertz CT molecular complexity index is 1470. The van der Waals surface area contributed by atoms with E-state index in [0.29, 0.717) is 17.7 Å². The smallest absolute Gasteiger partial charge is 0.272 e. The summed E-state index contributed by atoms with van der Waals surface area (Å²) in [7, 11) is 0. The van der Waals surface area contributed by atoms with Gasteiger partial charge in [-0.1, -0.05) is 49.4 Å². The van der Waals surface area contributed by atoms with Gasteiger partial charge in [-0.15, -0.1) is 23.1 Å². The molecular formula is C31H29N3O3S2. The first-order valence-corrected chi connectivity index (χ1v) is 14.2. The van der Waals surface area contributed by atoms with Gasteiger partial charge in [0.15, 0.2) is 0 Å². The van der Waals surface area contributed by atoms with Gasteiger partial charge in [-0.25, -0.2) is 0 Å². The molecule has 3 aromatic carbocycles. The molecule has 1 aromatic heterocycles. The minimum atomic E-state index is -0.445.